The molecule has 1 rings (SSSR count). The number of benzene rings is 1. The molecule has 1 N–H and O–H groups in total. The molecule has 0 saturated heterocycles. The first-order valence-electron chi connectivity index (χ1n) is 6.87. The second kappa shape index (κ2) is 8.09. The molecule has 0 unspecified atom stereocenters. The Kier molecular flexibility index (Phi) is 6.73. The van der Waals surface area contributed by atoms with Crippen LogP contribution in [0, 0.1) is 5.82 Å². The van der Waals surface area contributed by atoms with E-state index in [0.29, 0.717) is 5.56 Å². The van der Waals surface area contributed by atoms with Crippen LogP contribution in [0.5, 0.6) is 0 Å². The molecule has 0 spiro atoms. The average molecular weight is 253 g/mol. The highest BCUT2D eigenvalue weighted by Crippen LogP contribution is 2.24. The summed E-state index contributed by atoms with van der Waals surface area (Å²) >= 11 is 0. The normalized spacial score (nSPS) is 10.7. The average Bonchev–Trinajstić information content (AvgIpc) is 2.39. The molecular formula is C15H24FNO. The van der Waals surface area contributed by atoms with E-state index in [1.165, 1.54) is 6.07 Å². The van der Waals surface area contributed by atoms with E-state index in [1.807, 2.05) is 6.07 Å². The third-order valence-electron chi connectivity index (χ3n) is 3.16. The van der Waals surface area contributed by atoms with Crippen LogP contribution in [0.4, 0.5) is 10.1 Å². The van der Waals surface area contributed by atoms with E-state index < -0.39 is 0 Å². The van der Waals surface area contributed by atoms with Crippen LogP contribution in [0.2, 0.25) is 0 Å². The lowest BCUT2D eigenvalue weighted by Crippen LogP contribution is -2.27. The van der Waals surface area contributed by atoms with Gasteiger partial charge in [0.25, 0.3) is 0 Å². The number of aliphatic hydroxyl groups excluding tert-OH is 1. The topological polar surface area (TPSA) is 23.5 Å². The van der Waals surface area contributed by atoms with Crippen molar-refractivity contribution >= 4 is 5.69 Å². The Balaban J connectivity index is 2.91. The minimum atomic E-state index is -0.312. The Bertz CT molecular complexity index is 346. The molecule has 0 aromatic heterocycles. The Hall–Kier alpha value is -1.09. The number of nitrogens with zero attached hydrogens (tertiary/aromatic N) is 1. The molecule has 0 aliphatic rings. The predicted octanol–water partition coefficient (Wildman–Crippen LogP) is 3.72. The minimum Gasteiger partial charge on any atom is -0.391 e. The molecule has 0 fully saturated rings. The number of halogens is 1. The first-order chi connectivity index (χ1) is 8.74. The van der Waals surface area contributed by atoms with Gasteiger partial charge in [0.1, 0.15) is 5.82 Å². The fraction of sp³-hybridized carbons (Fsp3) is 0.600. The number of unbranched alkanes of at least 4 members (excludes halogenated alkanes) is 2. The maximum absolute atomic E-state index is 13.7. The van der Waals surface area contributed by atoms with Gasteiger partial charge in [-0.25, -0.2) is 4.39 Å². The lowest BCUT2D eigenvalue weighted by Gasteiger charge is -2.27. The summed E-state index contributed by atoms with van der Waals surface area (Å²) in [7, 11) is 0. The molecule has 0 saturated carbocycles. The van der Waals surface area contributed by atoms with Crippen molar-refractivity contribution in [2.24, 2.45) is 0 Å². The van der Waals surface area contributed by atoms with Gasteiger partial charge in [0.15, 0.2) is 0 Å². The van der Waals surface area contributed by atoms with Crippen LogP contribution < -0.4 is 4.90 Å². The molecule has 1 aromatic carbocycles. The van der Waals surface area contributed by atoms with Crippen LogP contribution in [0.25, 0.3) is 0 Å². The first kappa shape index (κ1) is 15.0. The number of anilines is 1. The maximum atomic E-state index is 13.7. The summed E-state index contributed by atoms with van der Waals surface area (Å²) in [5.74, 6) is -0.312. The van der Waals surface area contributed by atoms with Crippen LogP contribution in [-0.4, -0.2) is 18.2 Å². The van der Waals surface area contributed by atoms with Gasteiger partial charge in [-0.15, -0.1) is 0 Å². The quantitative estimate of drug-likeness (QED) is 0.763. The summed E-state index contributed by atoms with van der Waals surface area (Å²) in [6, 6.07) is 5.03. The monoisotopic (exact) mass is 253 g/mol. The van der Waals surface area contributed by atoms with Gasteiger partial charge in [-0.3, -0.25) is 0 Å². The van der Waals surface area contributed by atoms with E-state index in [4.69, 9.17) is 0 Å². The van der Waals surface area contributed by atoms with E-state index in [0.717, 1.165) is 44.5 Å². The van der Waals surface area contributed by atoms with Crippen molar-refractivity contribution in [3.05, 3.63) is 29.6 Å². The number of hydrogen-bond donors (Lipinski definition) is 1. The Morgan fingerprint density at radius 3 is 2.22 bits per heavy atom. The Morgan fingerprint density at radius 2 is 1.72 bits per heavy atom. The zero-order valence-electron chi connectivity index (χ0n) is 11.5. The van der Waals surface area contributed by atoms with Crippen LogP contribution in [0.3, 0.4) is 0 Å². The molecule has 102 valence electrons. The van der Waals surface area contributed by atoms with E-state index >= 15 is 0 Å². The van der Waals surface area contributed by atoms with Crippen LogP contribution in [0.1, 0.15) is 45.1 Å². The van der Waals surface area contributed by atoms with E-state index in [1.54, 1.807) is 6.07 Å². The fourth-order valence-electron chi connectivity index (χ4n) is 2.05. The van der Waals surface area contributed by atoms with E-state index in [9.17, 15) is 9.50 Å². The van der Waals surface area contributed by atoms with Crippen molar-refractivity contribution in [3.63, 3.8) is 0 Å². The second-order valence-electron chi connectivity index (χ2n) is 4.59. The smallest absolute Gasteiger partial charge is 0.130 e. The minimum absolute atomic E-state index is 0.239. The van der Waals surface area contributed by atoms with Crippen molar-refractivity contribution in [3.8, 4) is 0 Å². The molecule has 0 radical (unpaired) electrons. The van der Waals surface area contributed by atoms with Gasteiger partial charge >= 0.3 is 0 Å². The molecule has 0 bridgehead atoms. The SMILES string of the molecule is CCCCN(CCCC)c1cccc(F)c1CO. The van der Waals surface area contributed by atoms with Gasteiger partial charge in [-0.2, -0.15) is 0 Å². The summed E-state index contributed by atoms with van der Waals surface area (Å²) in [6.45, 7) is 5.91. The largest absolute Gasteiger partial charge is 0.391 e. The summed E-state index contributed by atoms with van der Waals surface area (Å²) in [5.41, 5.74) is 1.27. The standard InChI is InChI=1S/C15H24FNO/c1-3-5-10-17(11-6-4-2)15-9-7-8-14(16)13(15)12-18/h7-9,18H,3-6,10-12H2,1-2H3. The molecule has 0 atom stereocenters. The van der Waals surface area contributed by atoms with Gasteiger partial charge in [0, 0.05) is 24.3 Å². The molecule has 2 nitrogen and oxygen atoms in total. The highest BCUT2D eigenvalue weighted by molar-refractivity contribution is 5.54. The third kappa shape index (κ3) is 3.98. The second-order valence-corrected chi connectivity index (χ2v) is 4.59. The summed E-state index contributed by atoms with van der Waals surface area (Å²) < 4.78 is 13.7. The lowest BCUT2D eigenvalue weighted by atomic mass is 10.1. The predicted molar refractivity (Wildman–Crippen MR) is 74.4 cm³/mol. The van der Waals surface area contributed by atoms with Gasteiger partial charge in [-0.05, 0) is 25.0 Å². The van der Waals surface area contributed by atoms with Gasteiger partial charge in [0.05, 0.1) is 6.61 Å². The van der Waals surface area contributed by atoms with Gasteiger partial charge < -0.3 is 10.0 Å². The zero-order chi connectivity index (χ0) is 13.4. The van der Waals surface area contributed by atoms with Crippen LogP contribution in [-0.2, 0) is 6.61 Å². The van der Waals surface area contributed by atoms with Crippen LogP contribution in [0.15, 0.2) is 18.2 Å². The van der Waals surface area contributed by atoms with Crippen molar-refractivity contribution in [2.45, 2.75) is 46.1 Å². The van der Waals surface area contributed by atoms with Gasteiger partial charge in [-0.1, -0.05) is 32.8 Å². The summed E-state index contributed by atoms with van der Waals surface area (Å²) in [6.07, 6.45) is 4.41. The summed E-state index contributed by atoms with van der Waals surface area (Å²) in [4.78, 5) is 2.20. The molecule has 0 heterocycles. The molecule has 0 aliphatic carbocycles. The fourth-order valence-corrected chi connectivity index (χ4v) is 2.05. The first-order valence-corrected chi connectivity index (χ1v) is 6.87. The molecular weight excluding hydrogens is 229 g/mol. The van der Waals surface area contributed by atoms with Crippen molar-refractivity contribution in [2.75, 3.05) is 18.0 Å². The Morgan fingerprint density at radius 1 is 1.11 bits per heavy atom. The number of hydrogen-bond acceptors (Lipinski definition) is 2. The van der Waals surface area contributed by atoms with Crippen LogP contribution >= 0.6 is 0 Å². The van der Waals surface area contributed by atoms with E-state index in [2.05, 4.69) is 18.7 Å². The van der Waals surface area contributed by atoms with Gasteiger partial charge in [0.2, 0.25) is 0 Å². The van der Waals surface area contributed by atoms with E-state index in [-0.39, 0.29) is 12.4 Å². The maximum Gasteiger partial charge on any atom is 0.130 e. The van der Waals surface area contributed by atoms with Crippen molar-refractivity contribution < 1.29 is 9.50 Å². The molecule has 3 heteroatoms. The highest BCUT2D eigenvalue weighted by Gasteiger charge is 2.13. The molecule has 18 heavy (non-hydrogen) atoms. The number of aliphatic hydroxyl groups is 1. The third-order valence-corrected chi connectivity index (χ3v) is 3.16. The Labute approximate surface area is 109 Å². The lowest BCUT2D eigenvalue weighted by molar-refractivity contribution is 0.276. The molecule has 0 aliphatic heterocycles. The summed E-state index contributed by atoms with van der Waals surface area (Å²) in [5, 5.41) is 9.33. The van der Waals surface area contributed by atoms with Crippen molar-refractivity contribution in [1.82, 2.24) is 0 Å². The highest BCUT2D eigenvalue weighted by atomic mass is 19.1. The molecule has 0 amide bonds. The number of rotatable bonds is 8. The molecule has 1 aromatic rings. The zero-order valence-corrected chi connectivity index (χ0v) is 11.5. The van der Waals surface area contributed by atoms with Crippen molar-refractivity contribution in [1.29, 1.82) is 0 Å².